The maximum absolute atomic E-state index is 5.67. The topological polar surface area (TPSA) is 18.5 Å². The second kappa shape index (κ2) is 9.81. The summed E-state index contributed by atoms with van der Waals surface area (Å²) in [5, 5.41) is 0. The van der Waals surface area contributed by atoms with E-state index in [1.807, 2.05) is 24.3 Å². The van der Waals surface area contributed by atoms with Gasteiger partial charge in [-0.25, -0.2) is 0 Å². The number of ether oxygens (including phenoxy) is 2. The first-order chi connectivity index (χ1) is 8.86. The summed E-state index contributed by atoms with van der Waals surface area (Å²) < 4.78 is 11.2. The van der Waals surface area contributed by atoms with Crippen LogP contribution in [0.25, 0.3) is 0 Å². The van der Waals surface area contributed by atoms with Crippen molar-refractivity contribution in [1.82, 2.24) is 0 Å². The summed E-state index contributed by atoms with van der Waals surface area (Å²) in [6.07, 6.45) is 6.86. The molecule has 0 heterocycles. The van der Waals surface area contributed by atoms with Gasteiger partial charge in [0.25, 0.3) is 0 Å². The van der Waals surface area contributed by atoms with E-state index in [1.54, 1.807) is 0 Å². The zero-order chi connectivity index (χ0) is 13.1. The van der Waals surface area contributed by atoms with Crippen LogP contribution in [-0.4, -0.2) is 13.2 Å². The lowest BCUT2D eigenvalue weighted by Gasteiger charge is -2.08. The van der Waals surface area contributed by atoms with Crippen molar-refractivity contribution < 1.29 is 9.47 Å². The number of benzene rings is 1. The molecule has 1 rings (SSSR count). The van der Waals surface area contributed by atoms with Crippen molar-refractivity contribution in [3.8, 4) is 11.5 Å². The van der Waals surface area contributed by atoms with Gasteiger partial charge in [-0.05, 0) is 37.1 Å². The molecule has 0 saturated carbocycles. The largest absolute Gasteiger partial charge is 0.494 e. The molecule has 1 radical (unpaired) electrons. The molecule has 1 aromatic rings. The summed E-state index contributed by atoms with van der Waals surface area (Å²) in [5.74, 6) is 1.83. The Kier molecular flexibility index (Phi) is 8.11. The van der Waals surface area contributed by atoms with Crippen LogP contribution in [0.4, 0.5) is 0 Å². The Labute approximate surface area is 111 Å². The quantitative estimate of drug-likeness (QED) is 0.562. The molecule has 0 atom stereocenters. The Morgan fingerprint density at radius 1 is 0.833 bits per heavy atom. The smallest absolute Gasteiger partial charge is 0.119 e. The molecule has 0 saturated heterocycles. The molecule has 0 aliphatic rings. The molecule has 18 heavy (non-hydrogen) atoms. The van der Waals surface area contributed by atoms with Gasteiger partial charge in [-0.2, -0.15) is 0 Å². The molecule has 0 aliphatic carbocycles. The molecule has 2 nitrogen and oxygen atoms in total. The van der Waals surface area contributed by atoms with Crippen molar-refractivity contribution in [3.05, 3.63) is 31.2 Å². The molecule has 0 unspecified atom stereocenters. The molecule has 0 aliphatic heterocycles. The fourth-order valence-electron chi connectivity index (χ4n) is 1.64. The summed E-state index contributed by atoms with van der Waals surface area (Å²) in [6, 6.07) is 7.87. The highest BCUT2D eigenvalue weighted by Gasteiger charge is 1.96. The zero-order valence-corrected chi connectivity index (χ0v) is 11.5. The van der Waals surface area contributed by atoms with E-state index in [2.05, 4.69) is 13.8 Å². The van der Waals surface area contributed by atoms with Crippen LogP contribution in [0, 0.1) is 6.92 Å². The monoisotopic (exact) mass is 249 g/mol. The van der Waals surface area contributed by atoms with Gasteiger partial charge in [0, 0.05) is 0 Å². The highest BCUT2D eigenvalue weighted by Crippen LogP contribution is 2.18. The van der Waals surface area contributed by atoms with Crippen LogP contribution in [0.1, 0.15) is 45.4 Å². The normalized spacial score (nSPS) is 10.3. The fourth-order valence-corrected chi connectivity index (χ4v) is 1.64. The van der Waals surface area contributed by atoms with Gasteiger partial charge in [0.2, 0.25) is 0 Å². The van der Waals surface area contributed by atoms with Gasteiger partial charge in [0.05, 0.1) is 13.2 Å². The molecule has 0 bridgehead atoms. The van der Waals surface area contributed by atoms with Gasteiger partial charge in [0.1, 0.15) is 11.5 Å². The third-order valence-electron chi connectivity index (χ3n) is 2.75. The molecule has 1 aromatic carbocycles. The predicted octanol–water partition coefficient (Wildman–Crippen LogP) is 4.64. The Balaban J connectivity index is 2.19. The first-order valence-corrected chi connectivity index (χ1v) is 7.01. The van der Waals surface area contributed by atoms with E-state index in [0.717, 1.165) is 44.0 Å². The van der Waals surface area contributed by atoms with Gasteiger partial charge in [0.15, 0.2) is 0 Å². The predicted molar refractivity (Wildman–Crippen MR) is 76.2 cm³/mol. The molecular weight excluding hydrogens is 224 g/mol. The average molecular weight is 249 g/mol. The van der Waals surface area contributed by atoms with Gasteiger partial charge in [-0.3, -0.25) is 0 Å². The van der Waals surface area contributed by atoms with Crippen LogP contribution < -0.4 is 9.47 Å². The first-order valence-electron chi connectivity index (χ1n) is 7.01. The molecular formula is C16H25O2. The second-order valence-electron chi connectivity index (χ2n) is 4.44. The van der Waals surface area contributed by atoms with Crippen molar-refractivity contribution in [2.45, 2.75) is 45.4 Å². The number of rotatable bonds is 10. The first kappa shape index (κ1) is 14.9. The highest BCUT2D eigenvalue weighted by atomic mass is 16.5. The third kappa shape index (κ3) is 6.53. The maximum Gasteiger partial charge on any atom is 0.119 e. The summed E-state index contributed by atoms with van der Waals surface area (Å²) in [7, 11) is 0. The SMILES string of the molecule is [CH2]CCCOc1ccc(OCCCCCC)cc1. The van der Waals surface area contributed by atoms with Crippen molar-refractivity contribution in [1.29, 1.82) is 0 Å². The van der Waals surface area contributed by atoms with Crippen molar-refractivity contribution in [2.24, 2.45) is 0 Å². The maximum atomic E-state index is 5.67. The zero-order valence-electron chi connectivity index (χ0n) is 11.5. The molecule has 0 amide bonds. The van der Waals surface area contributed by atoms with Crippen LogP contribution in [0.15, 0.2) is 24.3 Å². The summed E-state index contributed by atoms with van der Waals surface area (Å²) in [5.41, 5.74) is 0. The Morgan fingerprint density at radius 2 is 1.39 bits per heavy atom. The number of unbranched alkanes of at least 4 members (excludes halogenated alkanes) is 4. The van der Waals surface area contributed by atoms with Gasteiger partial charge < -0.3 is 9.47 Å². The highest BCUT2D eigenvalue weighted by molar-refractivity contribution is 5.31. The van der Waals surface area contributed by atoms with E-state index in [9.17, 15) is 0 Å². The Morgan fingerprint density at radius 3 is 1.89 bits per heavy atom. The Hall–Kier alpha value is -1.18. The van der Waals surface area contributed by atoms with E-state index in [4.69, 9.17) is 9.47 Å². The minimum Gasteiger partial charge on any atom is -0.494 e. The number of hydrogen-bond donors (Lipinski definition) is 0. The van der Waals surface area contributed by atoms with Crippen molar-refractivity contribution in [3.63, 3.8) is 0 Å². The summed E-state index contributed by atoms with van der Waals surface area (Å²) >= 11 is 0. The van der Waals surface area contributed by atoms with E-state index in [0.29, 0.717) is 0 Å². The van der Waals surface area contributed by atoms with Gasteiger partial charge in [-0.15, -0.1) is 0 Å². The molecule has 0 spiro atoms. The lowest BCUT2D eigenvalue weighted by atomic mass is 10.2. The molecule has 0 N–H and O–H groups in total. The van der Waals surface area contributed by atoms with Gasteiger partial charge >= 0.3 is 0 Å². The van der Waals surface area contributed by atoms with Crippen LogP contribution >= 0.6 is 0 Å². The summed E-state index contributed by atoms with van der Waals surface area (Å²) in [4.78, 5) is 0. The van der Waals surface area contributed by atoms with Gasteiger partial charge in [-0.1, -0.05) is 39.5 Å². The summed E-state index contributed by atoms with van der Waals surface area (Å²) in [6.45, 7) is 7.55. The van der Waals surface area contributed by atoms with E-state index in [-0.39, 0.29) is 0 Å². The Bertz CT molecular complexity index is 292. The van der Waals surface area contributed by atoms with Crippen LogP contribution in [0.3, 0.4) is 0 Å². The minimum atomic E-state index is 0.737. The number of hydrogen-bond acceptors (Lipinski definition) is 2. The second-order valence-corrected chi connectivity index (χ2v) is 4.44. The van der Waals surface area contributed by atoms with E-state index in [1.165, 1.54) is 19.3 Å². The van der Waals surface area contributed by atoms with Crippen LogP contribution in [0.2, 0.25) is 0 Å². The fraction of sp³-hybridized carbons (Fsp3) is 0.562. The average Bonchev–Trinajstić information content (AvgIpc) is 2.40. The lowest BCUT2D eigenvalue weighted by molar-refractivity contribution is 0.299. The molecule has 0 fully saturated rings. The van der Waals surface area contributed by atoms with E-state index >= 15 is 0 Å². The van der Waals surface area contributed by atoms with Crippen molar-refractivity contribution in [2.75, 3.05) is 13.2 Å². The standard InChI is InChI=1S/C16H25O2/c1-3-5-7-8-14-18-16-11-9-15(10-12-16)17-13-6-4-2/h9-12H,2-8,13-14H2,1H3. The van der Waals surface area contributed by atoms with Crippen molar-refractivity contribution >= 4 is 0 Å². The molecule has 0 aromatic heterocycles. The van der Waals surface area contributed by atoms with E-state index < -0.39 is 0 Å². The lowest BCUT2D eigenvalue weighted by Crippen LogP contribution is -1.98. The molecule has 101 valence electrons. The third-order valence-corrected chi connectivity index (χ3v) is 2.75. The molecule has 2 heteroatoms. The minimum absolute atomic E-state index is 0.737. The van der Waals surface area contributed by atoms with Crippen LogP contribution in [0.5, 0.6) is 11.5 Å². The van der Waals surface area contributed by atoms with Crippen LogP contribution in [-0.2, 0) is 0 Å².